The Morgan fingerprint density at radius 2 is 1.70 bits per heavy atom. The van der Waals surface area contributed by atoms with Gasteiger partial charge in [0, 0.05) is 28.3 Å². The highest BCUT2D eigenvalue weighted by atomic mass is 19.4. The average Bonchev–Trinajstić information content (AvgIpc) is 2.71. The topological polar surface area (TPSA) is 78.8 Å². The van der Waals surface area contributed by atoms with Crippen LogP contribution in [0.3, 0.4) is 0 Å². The Morgan fingerprint density at radius 3 is 2.30 bits per heavy atom. The Morgan fingerprint density at radius 1 is 1.00 bits per heavy atom. The van der Waals surface area contributed by atoms with Crippen molar-refractivity contribution in [2.75, 3.05) is 0 Å². The highest BCUT2D eigenvalue weighted by molar-refractivity contribution is 6.07. The number of oxime groups is 1. The van der Waals surface area contributed by atoms with Gasteiger partial charge in [-0.25, -0.2) is 4.39 Å². The number of hydrogen-bond donors (Lipinski definition) is 3. The van der Waals surface area contributed by atoms with E-state index in [9.17, 15) is 22.7 Å². The van der Waals surface area contributed by atoms with Gasteiger partial charge in [0.15, 0.2) is 5.84 Å². The number of terminal acetylenes is 1. The van der Waals surface area contributed by atoms with Crippen molar-refractivity contribution < 1.29 is 27.9 Å². The van der Waals surface area contributed by atoms with Crippen LogP contribution >= 0.6 is 0 Å². The van der Waals surface area contributed by atoms with Crippen molar-refractivity contribution in [1.29, 1.82) is 0 Å². The maximum Gasteiger partial charge on any atom is 0.416 e. The molecule has 0 aromatic heterocycles. The number of hydrogen-bond acceptors (Lipinski definition) is 3. The predicted octanol–water partition coefficient (Wildman–Crippen LogP) is 4.96. The molecular formula is C22H14F4N2O2. The summed E-state index contributed by atoms with van der Waals surface area (Å²) in [5.41, 5.74) is 4.52. The van der Waals surface area contributed by atoms with Gasteiger partial charge in [0.1, 0.15) is 11.6 Å². The maximum absolute atomic E-state index is 14.7. The molecule has 4 N–H and O–H groups in total. The van der Waals surface area contributed by atoms with Gasteiger partial charge in [-0.05, 0) is 41.5 Å². The minimum atomic E-state index is -4.79. The fourth-order valence-corrected chi connectivity index (χ4v) is 3.11. The van der Waals surface area contributed by atoms with Gasteiger partial charge in [0.25, 0.3) is 0 Å². The maximum atomic E-state index is 14.7. The van der Waals surface area contributed by atoms with Gasteiger partial charge in [0.05, 0.1) is 5.56 Å². The number of phenolic OH excluding ortho intramolecular Hbond substituents is 1. The molecule has 30 heavy (non-hydrogen) atoms. The Bertz CT molecular complexity index is 1190. The molecule has 0 unspecified atom stereocenters. The van der Waals surface area contributed by atoms with Crippen molar-refractivity contribution >= 4 is 5.84 Å². The van der Waals surface area contributed by atoms with Gasteiger partial charge in [-0.15, -0.1) is 6.42 Å². The van der Waals surface area contributed by atoms with Crippen molar-refractivity contribution in [1.82, 2.24) is 0 Å². The van der Waals surface area contributed by atoms with Crippen molar-refractivity contribution in [2.24, 2.45) is 10.9 Å². The second-order valence-corrected chi connectivity index (χ2v) is 6.28. The van der Waals surface area contributed by atoms with Crippen LogP contribution in [-0.4, -0.2) is 16.1 Å². The standard InChI is InChI=1S/C22H14F4N2O2/c1-2-12-5-3-4-6-15(12)20-17(16-8-7-14(29)11-19(16)23)9-13(22(24,25)26)10-18(20)21(27)28-30/h1,3-11,29-30H,(H2,27,28). The fraction of sp³-hybridized carbons (Fsp3) is 0.0455. The molecule has 0 saturated heterocycles. The first-order chi connectivity index (χ1) is 14.2. The zero-order chi connectivity index (χ0) is 22.1. The van der Waals surface area contributed by atoms with Crippen molar-refractivity contribution in [3.8, 4) is 40.3 Å². The van der Waals surface area contributed by atoms with Crippen LogP contribution in [0.25, 0.3) is 22.3 Å². The SMILES string of the molecule is C#Cc1ccccc1-c1c(/C(N)=N\O)cc(C(F)(F)F)cc1-c1ccc(O)cc1F. The molecule has 0 aliphatic rings. The van der Waals surface area contributed by atoms with Gasteiger partial charge in [-0.2, -0.15) is 13.2 Å². The fourth-order valence-electron chi connectivity index (χ4n) is 3.11. The van der Waals surface area contributed by atoms with E-state index in [1.165, 1.54) is 6.07 Å². The van der Waals surface area contributed by atoms with Gasteiger partial charge >= 0.3 is 6.18 Å². The first kappa shape index (κ1) is 20.7. The van der Waals surface area contributed by atoms with E-state index in [-0.39, 0.29) is 27.8 Å². The number of amidine groups is 1. The van der Waals surface area contributed by atoms with E-state index in [4.69, 9.17) is 17.4 Å². The van der Waals surface area contributed by atoms with E-state index < -0.39 is 29.1 Å². The summed E-state index contributed by atoms with van der Waals surface area (Å²) in [4.78, 5) is 0. The first-order valence-corrected chi connectivity index (χ1v) is 8.45. The Labute approximate surface area is 168 Å². The average molecular weight is 414 g/mol. The summed E-state index contributed by atoms with van der Waals surface area (Å²) in [7, 11) is 0. The third-order valence-electron chi connectivity index (χ3n) is 4.44. The lowest BCUT2D eigenvalue weighted by Crippen LogP contribution is -2.17. The normalized spacial score (nSPS) is 11.9. The molecule has 152 valence electrons. The van der Waals surface area contributed by atoms with E-state index in [2.05, 4.69) is 11.1 Å². The summed E-state index contributed by atoms with van der Waals surface area (Å²) in [5, 5.41) is 21.5. The zero-order valence-corrected chi connectivity index (χ0v) is 15.2. The van der Waals surface area contributed by atoms with Gasteiger partial charge in [0.2, 0.25) is 0 Å². The lowest BCUT2D eigenvalue weighted by atomic mass is 9.86. The smallest absolute Gasteiger partial charge is 0.416 e. The third kappa shape index (κ3) is 3.78. The molecule has 3 aromatic rings. The molecular weight excluding hydrogens is 400 g/mol. The van der Waals surface area contributed by atoms with Crippen LogP contribution < -0.4 is 5.73 Å². The number of alkyl halides is 3. The van der Waals surface area contributed by atoms with Crippen LogP contribution in [0.5, 0.6) is 5.75 Å². The van der Waals surface area contributed by atoms with Crippen LogP contribution in [-0.2, 0) is 6.18 Å². The minimum absolute atomic E-state index is 0.0523. The molecule has 8 heteroatoms. The molecule has 0 aliphatic carbocycles. The Balaban J connectivity index is 2.54. The highest BCUT2D eigenvalue weighted by Gasteiger charge is 2.34. The third-order valence-corrected chi connectivity index (χ3v) is 4.44. The molecule has 3 rings (SSSR count). The van der Waals surface area contributed by atoms with Crippen LogP contribution in [0.2, 0.25) is 0 Å². The second kappa shape index (κ2) is 7.79. The Kier molecular flexibility index (Phi) is 5.39. The number of benzene rings is 3. The number of phenols is 1. The molecule has 0 aliphatic heterocycles. The Hall–Kier alpha value is -3.99. The summed E-state index contributed by atoms with van der Waals surface area (Å²) in [6.07, 6.45) is 0.741. The molecule has 0 atom stereocenters. The largest absolute Gasteiger partial charge is 0.508 e. The van der Waals surface area contributed by atoms with Crippen LogP contribution in [0.1, 0.15) is 16.7 Å². The molecule has 3 aromatic carbocycles. The molecule has 0 heterocycles. The summed E-state index contributed by atoms with van der Waals surface area (Å²) >= 11 is 0. The number of rotatable bonds is 3. The lowest BCUT2D eigenvalue weighted by Gasteiger charge is -2.20. The summed E-state index contributed by atoms with van der Waals surface area (Å²) < 4.78 is 55.4. The molecule has 4 nitrogen and oxygen atoms in total. The minimum Gasteiger partial charge on any atom is -0.508 e. The van der Waals surface area contributed by atoms with Crippen molar-refractivity contribution in [3.05, 3.63) is 77.1 Å². The zero-order valence-electron chi connectivity index (χ0n) is 15.2. The first-order valence-electron chi connectivity index (χ1n) is 8.45. The van der Waals surface area contributed by atoms with Crippen LogP contribution in [0.15, 0.2) is 59.8 Å². The molecule has 0 bridgehead atoms. The van der Waals surface area contributed by atoms with Gasteiger partial charge in [-0.3, -0.25) is 0 Å². The number of halogens is 4. The van der Waals surface area contributed by atoms with E-state index in [0.29, 0.717) is 11.6 Å². The molecule has 0 saturated carbocycles. The van der Waals surface area contributed by atoms with E-state index in [1.54, 1.807) is 18.2 Å². The van der Waals surface area contributed by atoms with E-state index in [1.807, 2.05) is 0 Å². The second-order valence-electron chi connectivity index (χ2n) is 6.28. The lowest BCUT2D eigenvalue weighted by molar-refractivity contribution is -0.137. The van der Waals surface area contributed by atoms with Gasteiger partial charge < -0.3 is 16.0 Å². The number of aromatic hydroxyl groups is 1. The summed E-state index contributed by atoms with van der Waals surface area (Å²) in [6, 6.07) is 10.8. The molecule has 0 amide bonds. The molecule has 0 fully saturated rings. The summed E-state index contributed by atoms with van der Waals surface area (Å²) in [6.45, 7) is 0. The number of nitrogens with zero attached hydrogens (tertiary/aromatic N) is 1. The van der Waals surface area contributed by atoms with Crippen molar-refractivity contribution in [3.63, 3.8) is 0 Å². The van der Waals surface area contributed by atoms with Crippen molar-refractivity contribution in [2.45, 2.75) is 6.18 Å². The van der Waals surface area contributed by atoms with E-state index >= 15 is 0 Å². The quantitative estimate of drug-likeness (QED) is 0.142. The van der Waals surface area contributed by atoms with E-state index in [0.717, 1.165) is 24.3 Å². The predicted molar refractivity (Wildman–Crippen MR) is 104 cm³/mol. The monoisotopic (exact) mass is 414 g/mol. The van der Waals surface area contributed by atoms with Crippen LogP contribution in [0.4, 0.5) is 17.6 Å². The molecule has 0 radical (unpaired) electrons. The summed E-state index contributed by atoms with van der Waals surface area (Å²) in [5.74, 6) is 0.462. The molecule has 0 spiro atoms. The highest BCUT2D eigenvalue weighted by Crippen LogP contribution is 2.42. The van der Waals surface area contributed by atoms with Crippen LogP contribution in [0, 0.1) is 18.2 Å². The number of nitrogens with two attached hydrogens (primary N) is 1. The van der Waals surface area contributed by atoms with Gasteiger partial charge in [-0.1, -0.05) is 29.3 Å².